The van der Waals surface area contributed by atoms with Crippen LogP contribution in [0.5, 0.6) is 5.75 Å². The first kappa shape index (κ1) is 15.6. The highest BCUT2D eigenvalue weighted by molar-refractivity contribution is 6.01. The molecule has 1 unspecified atom stereocenters. The van der Waals surface area contributed by atoms with Crippen molar-refractivity contribution in [1.29, 1.82) is 5.26 Å². The number of hydrogen-bond donors (Lipinski definition) is 1. The second kappa shape index (κ2) is 5.93. The normalized spacial score (nSPS) is 17.7. The van der Waals surface area contributed by atoms with Crippen molar-refractivity contribution in [2.45, 2.75) is 12.1 Å². The molecule has 1 aliphatic heterocycles. The van der Waals surface area contributed by atoms with Crippen LogP contribution in [0.1, 0.15) is 11.5 Å². The molecule has 2 rings (SSSR count). The van der Waals surface area contributed by atoms with E-state index in [-0.39, 0.29) is 5.57 Å². The average Bonchev–Trinajstić information content (AvgIpc) is 2.52. The molecule has 0 saturated heterocycles. The quantitative estimate of drug-likeness (QED) is 0.932. The van der Waals surface area contributed by atoms with Crippen molar-refractivity contribution < 1.29 is 22.7 Å². The molecule has 114 valence electrons. The highest BCUT2D eigenvalue weighted by Crippen LogP contribution is 2.37. The Labute approximate surface area is 124 Å². The van der Waals surface area contributed by atoms with Crippen molar-refractivity contribution >= 4 is 5.78 Å². The number of nitrogens with zero attached hydrogens (tertiary/aromatic N) is 1. The molecule has 1 aromatic carbocycles. The van der Waals surface area contributed by atoms with E-state index in [9.17, 15) is 18.0 Å². The van der Waals surface area contributed by atoms with Gasteiger partial charge in [-0.3, -0.25) is 4.79 Å². The Kier molecular flexibility index (Phi) is 4.22. The lowest BCUT2D eigenvalue weighted by atomic mass is 9.82. The summed E-state index contributed by atoms with van der Waals surface area (Å²) < 4.78 is 43.2. The van der Waals surface area contributed by atoms with Crippen LogP contribution in [-0.4, -0.2) is 19.1 Å². The van der Waals surface area contributed by atoms with Crippen molar-refractivity contribution in [3.8, 4) is 11.8 Å². The molecule has 0 aliphatic carbocycles. The van der Waals surface area contributed by atoms with Gasteiger partial charge in [0.15, 0.2) is 0 Å². The molecule has 4 nitrogen and oxygen atoms in total. The van der Waals surface area contributed by atoms with Gasteiger partial charge in [0.1, 0.15) is 5.75 Å². The first-order chi connectivity index (χ1) is 10.4. The molecule has 7 heteroatoms. The Morgan fingerprint density at radius 1 is 1.27 bits per heavy atom. The van der Waals surface area contributed by atoms with Crippen molar-refractivity contribution in [2.24, 2.45) is 0 Å². The van der Waals surface area contributed by atoms with Crippen LogP contribution in [-0.2, 0) is 4.79 Å². The number of carbonyl (C=O) groups is 1. The summed E-state index contributed by atoms with van der Waals surface area (Å²) in [5, 5.41) is 11.5. The van der Waals surface area contributed by atoms with Crippen molar-refractivity contribution in [1.82, 2.24) is 5.32 Å². The fourth-order valence-corrected chi connectivity index (χ4v) is 2.17. The summed E-state index contributed by atoms with van der Waals surface area (Å²) in [6.07, 6.45) is -2.75. The molecule has 1 heterocycles. The minimum atomic E-state index is -5.00. The number of rotatable bonds is 3. The van der Waals surface area contributed by atoms with Gasteiger partial charge in [-0.2, -0.15) is 18.4 Å². The Balaban J connectivity index is 2.47. The topological polar surface area (TPSA) is 62.1 Å². The minimum Gasteiger partial charge on any atom is -0.497 e. The van der Waals surface area contributed by atoms with Crippen LogP contribution < -0.4 is 10.1 Å². The number of nitriles is 1. The summed E-state index contributed by atoms with van der Waals surface area (Å²) >= 11 is 0. The van der Waals surface area contributed by atoms with Crippen molar-refractivity contribution in [2.75, 3.05) is 7.11 Å². The van der Waals surface area contributed by atoms with Gasteiger partial charge in [0.05, 0.1) is 24.7 Å². The van der Waals surface area contributed by atoms with Gasteiger partial charge in [0, 0.05) is 18.0 Å². The largest absolute Gasteiger partial charge is 0.497 e. The summed E-state index contributed by atoms with van der Waals surface area (Å²) in [4.78, 5) is 11.6. The molecule has 1 aromatic rings. The smallest absolute Gasteiger partial charge is 0.454 e. The minimum absolute atomic E-state index is 0.0280. The molecule has 0 saturated carbocycles. The lowest BCUT2D eigenvalue weighted by molar-refractivity contribution is -0.166. The number of methoxy groups -OCH3 is 1. The number of Topliss-reactive ketones (excluding diaryl/α,β-unsaturated/α-hetero) is 1. The second-order valence-electron chi connectivity index (χ2n) is 4.51. The summed E-state index contributed by atoms with van der Waals surface area (Å²) in [6.45, 7) is 0. The third-order valence-corrected chi connectivity index (χ3v) is 3.20. The average molecular weight is 308 g/mol. The van der Waals surface area contributed by atoms with E-state index in [1.54, 1.807) is 12.1 Å². The lowest BCUT2D eigenvalue weighted by Crippen LogP contribution is -2.30. The number of carbonyl (C=O) groups excluding carboxylic acids is 1. The van der Waals surface area contributed by atoms with Gasteiger partial charge < -0.3 is 10.1 Å². The van der Waals surface area contributed by atoms with E-state index < -0.39 is 23.5 Å². The number of hydrogen-bond acceptors (Lipinski definition) is 4. The van der Waals surface area contributed by atoms with Crippen LogP contribution in [0.25, 0.3) is 0 Å². The Morgan fingerprint density at radius 3 is 2.41 bits per heavy atom. The van der Waals surface area contributed by atoms with Gasteiger partial charge in [-0.1, -0.05) is 12.1 Å². The molecule has 0 aromatic heterocycles. The monoisotopic (exact) mass is 308 g/mol. The SMILES string of the molecule is COc1ccc(C2C(C#N)=CNC=C2C(=O)C(F)(F)F)cc1. The number of halogens is 3. The molecular formula is C15H11F3N2O2. The van der Waals surface area contributed by atoms with E-state index in [0.717, 1.165) is 6.20 Å². The summed E-state index contributed by atoms with van der Waals surface area (Å²) in [5.74, 6) is -2.51. The molecule has 1 N–H and O–H groups in total. The van der Waals surface area contributed by atoms with Gasteiger partial charge in [-0.15, -0.1) is 0 Å². The predicted molar refractivity (Wildman–Crippen MR) is 71.7 cm³/mol. The molecule has 0 radical (unpaired) electrons. The molecule has 0 spiro atoms. The third kappa shape index (κ3) is 2.96. The number of ketones is 1. The zero-order valence-electron chi connectivity index (χ0n) is 11.4. The van der Waals surface area contributed by atoms with Gasteiger partial charge in [-0.05, 0) is 17.7 Å². The molecule has 0 bridgehead atoms. The molecule has 0 fully saturated rings. The van der Waals surface area contributed by atoms with Crippen LogP contribution in [0.4, 0.5) is 13.2 Å². The van der Waals surface area contributed by atoms with E-state index in [1.807, 2.05) is 6.07 Å². The molecule has 0 amide bonds. The maximum atomic E-state index is 12.7. The fourth-order valence-electron chi connectivity index (χ4n) is 2.17. The molecule has 1 atom stereocenters. The maximum absolute atomic E-state index is 12.7. The van der Waals surface area contributed by atoms with E-state index in [4.69, 9.17) is 10.00 Å². The zero-order valence-corrected chi connectivity index (χ0v) is 11.4. The standard InChI is InChI=1S/C15H11F3N2O2/c1-22-11-4-2-9(3-5-11)13-10(6-19)7-20-8-12(13)14(21)15(16,17)18/h2-5,7-8,13,20H,1H3. The Morgan fingerprint density at radius 2 is 1.91 bits per heavy atom. The van der Waals surface area contributed by atoms with E-state index >= 15 is 0 Å². The van der Waals surface area contributed by atoms with E-state index in [0.29, 0.717) is 11.3 Å². The van der Waals surface area contributed by atoms with Crippen LogP contribution in [0, 0.1) is 11.3 Å². The van der Waals surface area contributed by atoms with Gasteiger partial charge in [-0.25, -0.2) is 0 Å². The maximum Gasteiger partial charge on any atom is 0.454 e. The number of ether oxygens (including phenoxy) is 1. The number of allylic oxidation sites excluding steroid dienone is 2. The molecule has 1 aliphatic rings. The first-order valence-electron chi connectivity index (χ1n) is 6.20. The van der Waals surface area contributed by atoms with Crippen LogP contribution in [0.2, 0.25) is 0 Å². The van der Waals surface area contributed by atoms with Gasteiger partial charge in [0.2, 0.25) is 0 Å². The number of alkyl halides is 3. The highest BCUT2D eigenvalue weighted by Gasteiger charge is 2.44. The third-order valence-electron chi connectivity index (χ3n) is 3.20. The number of nitrogens with one attached hydrogen (secondary N) is 1. The van der Waals surface area contributed by atoms with Crippen LogP contribution >= 0.6 is 0 Å². The predicted octanol–water partition coefficient (Wildman–Crippen LogP) is 2.80. The van der Waals surface area contributed by atoms with Gasteiger partial charge in [0.25, 0.3) is 5.78 Å². The van der Waals surface area contributed by atoms with E-state index in [1.165, 1.54) is 25.4 Å². The van der Waals surface area contributed by atoms with Crippen molar-refractivity contribution in [3.05, 3.63) is 53.4 Å². The second-order valence-corrected chi connectivity index (χ2v) is 4.51. The number of benzene rings is 1. The van der Waals surface area contributed by atoms with Crippen LogP contribution in [0.15, 0.2) is 47.8 Å². The summed E-state index contributed by atoms with van der Waals surface area (Å²) in [7, 11) is 1.46. The number of dihydropyridines is 1. The van der Waals surface area contributed by atoms with E-state index in [2.05, 4.69) is 5.32 Å². The van der Waals surface area contributed by atoms with Crippen molar-refractivity contribution in [3.63, 3.8) is 0 Å². The van der Waals surface area contributed by atoms with Crippen LogP contribution in [0.3, 0.4) is 0 Å². The Bertz CT molecular complexity index is 682. The zero-order chi connectivity index (χ0) is 16.3. The molecule has 22 heavy (non-hydrogen) atoms. The first-order valence-corrected chi connectivity index (χ1v) is 6.20. The molecular weight excluding hydrogens is 297 g/mol. The van der Waals surface area contributed by atoms with Gasteiger partial charge >= 0.3 is 6.18 Å². The Hall–Kier alpha value is -2.75. The highest BCUT2D eigenvalue weighted by atomic mass is 19.4. The lowest BCUT2D eigenvalue weighted by Gasteiger charge is -2.23. The summed E-state index contributed by atoms with van der Waals surface area (Å²) in [6, 6.07) is 7.99. The summed E-state index contributed by atoms with van der Waals surface area (Å²) in [5.41, 5.74) is -0.0871. The fraction of sp³-hybridized carbons (Fsp3) is 0.200.